The lowest BCUT2D eigenvalue weighted by Gasteiger charge is -2.04. The summed E-state index contributed by atoms with van der Waals surface area (Å²) in [5.74, 6) is 0. The SMILES string of the molecule is N#CC(O)CCCOCc1ccccc1. The quantitative estimate of drug-likeness (QED) is 0.569. The molecule has 0 fully saturated rings. The molecule has 0 aliphatic carbocycles. The number of nitriles is 1. The van der Waals surface area contributed by atoms with Crippen LogP contribution >= 0.6 is 0 Å². The molecule has 0 saturated heterocycles. The Kier molecular flexibility index (Phi) is 5.46. The minimum Gasteiger partial charge on any atom is -0.378 e. The number of rotatable bonds is 6. The van der Waals surface area contributed by atoms with Gasteiger partial charge in [-0.3, -0.25) is 0 Å². The third kappa shape index (κ3) is 5.16. The summed E-state index contributed by atoms with van der Waals surface area (Å²) in [7, 11) is 0. The highest BCUT2D eigenvalue weighted by atomic mass is 16.5. The molecule has 0 aromatic heterocycles. The fourth-order valence-corrected chi connectivity index (χ4v) is 1.21. The van der Waals surface area contributed by atoms with E-state index in [4.69, 9.17) is 15.1 Å². The van der Waals surface area contributed by atoms with Crippen molar-refractivity contribution in [3.63, 3.8) is 0 Å². The van der Waals surface area contributed by atoms with Gasteiger partial charge >= 0.3 is 0 Å². The Morgan fingerprint density at radius 1 is 1.33 bits per heavy atom. The normalized spacial score (nSPS) is 12.0. The minimum atomic E-state index is -0.856. The molecule has 3 heteroatoms. The van der Waals surface area contributed by atoms with Crippen LogP contribution in [-0.4, -0.2) is 17.8 Å². The van der Waals surface area contributed by atoms with Crippen LogP contribution in [0.4, 0.5) is 0 Å². The van der Waals surface area contributed by atoms with Crippen molar-refractivity contribution in [3.05, 3.63) is 35.9 Å². The predicted molar refractivity (Wildman–Crippen MR) is 57.0 cm³/mol. The summed E-state index contributed by atoms with van der Waals surface area (Å²) in [4.78, 5) is 0. The molecule has 1 aromatic rings. The highest BCUT2D eigenvalue weighted by Gasteiger charge is 2.00. The molecule has 0 saturated carbocycles. The molecule has 15 heavy (non-hydrogen) atoms. The molecule has 80 valence electrons. The van der Waals surface area contributed by atoms with Crippen LogP contribution in [-0.2, 0) is 11.3 Å². The van der Waals surface area contributed by atoms with Gasteiger partial charge in [-0.25, -0.2) is 0 Å². The molecule has 1 N–H and O–H groups in total. The summed E-state index contributed by atoms with van der Waals surface area (Å²) in [6, 6.07) is 11.7. The summed E-state index contributed by atoms with van der Waals surface area (Å²) in [6.45, 7) is 1.16. The van der Waals surface area contributed by atoms with Gasteiger partial charge in [0.25, 0.3) is 0 Å². The van der Waals surface area contributed by atoms with Gasteiger partial charge in [0.15, 0.2) is 0 Å². The minimum absolute atomic E-state index is 0.477. The van der Waals surface area contributed by atoms with Crippen LogP contribution in [0.5, 0.6) is 0 Å². The smallest absolute Gasteiger partial charge is 0.140 e. The second-order valence-electron chi connectivity index (χ2n) is 3.33. The van der Waals surface area contributed by atoms with Crippen molar-refractivity contribution in [3.8, 4) is 6.07 Å². The first-order chi connectivity index (χ1) is 7.33. The average Bonchev–Trinajstić information content (AvgIpc) is 2.29. The Morgan fingerprint density at radius 3 is 2.73 bits per heavy atom. The molecular formula is C12H15NO2. The maximum atomic E-state index is 8.96. The van der Waals surface area contributed by atoms with Crippen molar-refractivity contribution in [2.75, 3.05) is 6.61 Å². The number of aliphatic hydroxyl groups is 1. The van der Waals surface area contributed by atoms with E-state index in [0.717, 1.165) is 5.56 Å². The van der Waals surface area contributed by atoms with Crippen LogP contribution in [0.1, 0.15) is 18.4 Å². The molecule has 1 atom stereocenters. The van der Waals surface area contributed by atoms with E-state index in [1.165, 1.54) is 0 Å². The summed E-state index contributed by atoms with van der Waals surface area (Å²) < 4.78 is 5.39. The van der Waals surface area contributed by atoms with Gasteiger partial charge < -0.3 is 9.84 Å². The molecule has 0 amide bonds. The number of hydrogen-bond donors (Lipinski definition) is 1. The van der Waals surface area contributed by atoms with Crippen molar-refractivity contribution in [2.24, 2.45) is 0 Å². The zero-order valence-electron chi connectivity index (χ0n) is 8.60. The van der Waals surface area contributed by atoms with Gasteiger partial charge in [-0.15, -0.1) is 0 Å². The fraction of sp³-hybridized carbons (Fsp3) is 0.417. The van der Waals surface area contributed by atoms with Crippen LogP contribution < -0.4 is 0 Å². The highest BCUT2D eigenvalue weighted by molar-refractivity contribution is 5.13. The van der Waals surface area contributed by atoms with Gasteiger partial charge in [-0.05, 0) is 18.4 Å². The van der Waals surface area contributed by atoms with Crippen LogP contribution in [0, 0.1) is 11.3 Å². The molecule has 0 aliphatic rings. The Labute approximate surface area is 89.9 Å². The van der Waals surface area contributed by atoms with E-state index < -0.39 is 6.10 Å². The van der Waals surface area contributed by atoms with E-state index in [0.29, 0.717) is 26.1 Å². The number of hydrogen-bond acceptors (Lipinski definition) is 3. The van der Waals surface area contributed by atoms with Crippen LogP contribution in [0.15, 0.2) is 30.3 Å². The third-order valence-electron chi connectivity index (χ3n) is 2.03. The van der Waals surface area contributed by atoms with Gasteiger partial charge in [-0.1, -0.05) is 30.3 Å². The standard InChI is InChI=1S/C12H15NO2/c13-9-12(14)7-4-8-15-10-11-5-2-1-3-6-11/h1-3,5-6,12,14H,4,7-8,10H2. The third-order valence-corrected chi connectivity index (χ3v) is 2.03. The first kappa shape index (κ1) is 11.7. The van der Waals surface area contributed by atoms with Crippen molar-refractivity contribution in [1.29, 1.82) is 5.26 Å². The Hall–Kier alpha value is -1.37. The zero-order valence-corrected chi connectivity index (χ0v) is 8.60. The Bertz CT molecular complexity index is 305. The van der Waals surface area contributed by atoms with E-state index in [1.807, 2.05) is 30.3 Å². The Morgan fingerprint density at radius 2 is 2.07 bits per heavy atom. The lowest BCUT2D eigenvalue weighted by Crippen LogP contribution is -2.04. The van der Waals surface area contributed by atoms with Gasteiger partial charge in [0.1, 0.15) is 6.10 Å². The monoisotopic (exact) mass is 205 g/mol. The first-order valence-corrected chi connectivity index (χ1v) is 5.02. The molecule has 0 bridgehead atoms. The lowest BCUT2D eigenvalue weighted by molar-refractivity contribution is 0.107. The topological polar surface area (TPSA) is 53.2 Å². The summed E-state index contributed by atoms with van der Waals surface area (Å²) >= 11 is 0. The molecular weight excluding hydrogens is 190 g/mol. The highest BCUT2D eigenvalue weighted by Crippen LogP contribution is 2.02. The molecule has 1 aromatic carbocycles. The second kappa shape index (κ2) is 6.99. The number of aliphatic hydroxyl groups excluding tert-OH is 1. The van der Waals surface area contributed by atoms with Crippen LogP contribution in [0.2, 0.25) is 0 Å². The van der Waals surface area contributed by atoms with Crippen molar-refractivity contribution in [1.82, 2.24) is 0 Å². The second-order valence-corrected chi connectivity index (χ2v) is 3.33. The average molecular weight is 205 g/mol. The molecule has 0 spiro atoms. The largest absolute Gasteiger partial charge is 0.378 e. The number of ether oxygens (including phenoxy) is 1. The molecule has 0 radical (unpaired) electrons. The van der Waals surface area contributed by atoms with E-state index >= 15 is 0 Å². The zero-order chi connectivity index (χ0) is 10.9. The molecule has 1 unspecified atom stereocenters. The molecule has 0 aliphatic heterocycles. The van der Waals surface area contributed by atoms with Gasteiger partial charge in [0, 0.05) is 6.61 Å². The predicted octanol–water partition coefficient (Wildman–Crippen LogP) is 1.87. The lowest BCUT2D eigenvalue weighted by atomic mass is 10.2. The van der Waals surface area contributed by atoms with E-state index in [-0.39, 0.29) is 0 Å². The number of benzene rings is 1. The van der Waals surface area contributed by atoms with Crippen LogP contribution in [0.25, 0.3) is 0 Å². The van der Waals surface area contributed by atoms with Gasteiger partial charge in [-0.2, -0.15) is 5.26 Å². The van der Waals surface area contributed by atoms with E-state index in [1.54, 1.807) is 6.07 Å². The van der Waals surface area contributed by atoms with E-state index in [2.05, 4.69) is 0 Å². The van der Waals surface area contributed by atoms with Crippen molar-refractivity contribution < 1.29 is 9.84 Å². The number of nitrogens with zero attached hydrogens (tertiary/aromatic N) is 1. The van der Waals surface area contributed by atoms with Crippen molar-refractivity contribution >= 4 is 0 Å². The molecule has 3 nitrogen and oxygen atoms in total. The summed E-state index contributed by atoms with van der Waals surface area (Å²) in [5, 5.41) is 17.3. The molecule has 0 heterocycles. The fourth-order valence-electron chi connectivity index (χ4n) is 1.21. The summed E-state index contributed by atoms with van der Waals surface area (Å²) in [6.07, 6.45) is 0.331. The van der Waals surface area contributed by atoms with Gasteiger partial charge in [0.2, 0.25) is 0 Å². The maximum absolute atomic E-state index is 8.96. The molecule has 1 rings (SSSR count). The van der Waals surface area contributed by atoms with E-state index in [9.17, 15) is 0 Å². The first-order valence-electron chi connectivity index (χ1n) is 5.02. The Balaban J connectivity index is 2.06. The maximum Gasteiger partial charge on any atom is 0.140 e. The van der Waals surface area contributed by atoms with Crippen LogP contribution in [0.3, 0.4) is 0 Å². The van der Waals surface area contributed by atoms with Crippen molar-refractivity contribution in [2.45, 2.75) is 25.6 Å². The van der Waals surface area contributed by atoms with Gasteiger partial charge in [0.05, 0.1) is 12.7 Å². The summed E-state index contributed by atoms with van der Waals surface area (Å²) in [5.41, 5.74) is 1.14.